The van der Waals surface area contributed by atoms with E-state index in [-0.39, 0.29) is 36.7 Å². The molecule has 3 amide bonds. The van der Waals surface area contributed by atoms with Gasteiger partial charge in [-0.15, -0.1) is 0 Å². The van der Waals surface area contributed by atoms with Gasteiger partial charge in [-0.2, -0.15) is 17.0 Å². The van der Waals surface area contributed by atoms with Gasteiger partial charge in [0.2, 0.25) is 0 Å². The third-order valence-electron chi connectivity index (χ3n) is 7.21. The van der Waals surface area contributed by atoms with Crippen molar-refractivity contribution >= 4 is 22.1 Å². The van der Waals surface area contributed by atoms with Crippen molar-refractivity contribution in [3.63, 3.8) is 0 Å². The number of imide groups is 1. The Bertz CT molecular complexity index is 805. The Labute approximate surface area is 185 Å². The summed E-state index contributed by atoms with van der Waals surface area (Å²) in [4.78, 5) is 29.1. The van der Waals surface area contributed by atoms with E-state index < -0.39 is 15.7 Å². The van der Waals surface area contributed by atoms with E-state index in [9.17, 15) is 18.0 Å². The van der Waals surface area contributed by atoms with Crippen LogP contribution in [0.3, 0.4) is 0 Å². The summed E-state index contributed by atoms with van der Waals surface area (Å²) >= 11 is 0. The molecule has 0 aromatic heterocycles. The summed E-state index contributed by atoms with van der Waals surface area (Å²) in [5, 5.41) is 2.98. The molecule has 0 aromatic rings. The van der Waals surface area contributed by atoms with Crippen LogP contribution in [0.2, 0.25) is 0 Å². The predicted octanol–water partition coefficient (Wildman–Crippen LogP) is 0.416. The Morgan fingerprint density at radius 3 is 2.26 bits per heavy atom. The highest BCUT2D eigenvalue weighted by Gasteiger charge is 2.55. The van der Waals surface area contributed by atoms with Crippen molar-refractivity contribution in [3.05, 3.63) is 0 Å². The second kappa shape index (κ2) is 8.58. The summed E-state index contributed by atoms with van der Waals surface area (Å²) in [7, 11) is -3.55. The molecular weight excluding hydrogens is 422 g/mol. The fraction of sp³-hybridized carbons (Fsp3) is 0.900. The van der Waals surface area contributed by atoms with Crippen molar-refractivity contribution in [2.75, 3.05) is 45.9 Å². The van der Waals surface area contributed by atoms with Crippen LogP contribution in [0.5, 0.6) is 0 Å². The summed E-state index contributed by atoms with van der Waals surface area (Å²) in [5.74, 6) is -0.000890. The number of morpholine rings is 1. The average Bonchev–Trinajstić information content (AvgIpc) is 2.95. The van der Waals surface area contributed by atoms with Gasteiger partial charge in [0.25, 0.3) is 16.1 Å². The minimum Gasteiger partial charge on any atom is -0.373 e. The monoisotopic (exact) mass is 457 g/mol. The van der Waals surface area contributed by atoms with Gasteiger partial charge in [0.15, 0.2) is 0 Å². The fourth-order valence-electron chi connectivity index (χ4n) is 5.41. The van der Waals surface area contributed by atoms with Crippen LogP contribution in [0.1, 0.15) is 46.5 Å². The number of amides is 3. The molecule has 31 heavy (non-hydrogen) atoms. The molecule has 0 bridgehead atoms. The number of urea groups is 1. The van der Waals surface area contributed by atoms with Crippen molar-refractivity contribution in [1.82, 2.24) is 23.7 Å². The third-order valence-corrected chi connectivity index (χ3v) is 9.18. The summed E-state index contributed by atoms with van der Waals surface area (Å²) in [6.07, 6.45) is 3.40. The van der Waals surface area contributed by atoms with Gasteiger partial charge in [0.05, 0.1) is 18.9 Å². The molecule has 3 heterocycles. The molecule has 1 aliphatic carbocycles. The molecule has 1 spiro atoms. The Morgan fingerprint density at radius 1 is 1.00 bits per heavy atom. The summed E-state index contributed by atoms with van der Waals surface area (Å²) in [6, 6.07) is -0.329. The minimum absolute atomic E-state index is 0.128. The van der Waals surface area contributed by atoms with Crippen molar-refractivity contribution in [2.45, 2.75) is 64.2 Å². The molecule has 3 aliphatic heterocycles. The second-order valence-electron chi connectivity index (χ2n) is 9.52. The standard InChI is InChI=1S/C20H35N5O5S/c1-15-6-4-5-7-20(15)18(26)25(19(27)21-20)14-22-8-10-23(11-9-22)31(28,29)24-12-16(2)30-17(3)13-24/h15-17H,4-14H2,1-3H3,(H,21,27). The van der Waals surface area contributed by atoms with E-state index in [2.05, 4.69) is 5.32 Å². The van der Waals surface area contributed by atoms with Gasteiger partial charge < -0.3 is 10.1 Å². The fourth-order valence-corrected chi connectivity index (χ4v) is 7.16. The number of hydrogen-bond donors (Lipinski definition) is 1. The first-order valence-electron chi connectivity index (χ1n) is 11.4. The number of nitrogens with zero attached hydrogens (tertiary/aromatic N) is 4. The molecule has 176 valence electrons. The molecule has 4 rings (SSSR count). The lowest BCUT2D eigenvalue weighted by atomic mass is 9.73. The Balaban J connectivity index is 1.35. The molecule has 4 fully saturated rings. The van der Waals surface area contributed by atoms with Crippen LogP contribution in [0.25, 0.3) is 0 Å². The SMILES string of the molecule is CC1CN(S(=O)(=O)N2CCN(CN3C(=O)NC4(CCCCC4C)C3=O)CC2)CC(C)O1. The normalized spacial score (nSPS) is 36.9. The number of rotatable bonds is 4. The number of ether oxygens (including phenoxy) is 1. The molecule has 3 saturated heterocycles. The lowest BCUT2D eigenvalue weighted by Gasteiger charge is -2.40. The molecule has 0 radical (unpaired) electrons. The minimum atomic E-state index is -3.55. The van der Waals surface area contributed by atoms with Gasteiger partial charge in [0, 0.05) is 39.3 Å². The predicted molar refractivity (Wildman–Crippen MR) is 114 cm³/mol. The second-order valence-corrected chi connectivity index (χ2v) is 11.5. The maximum absolute atomic E-state index is 13.2. The lowest BCUT2D eigenvalue weighted by Crippen LogP contribution is -2.58. The first-order chi connectivity index (χ1) is 14.6. The quantitative estimate of drug-likeness (QED) is 0.614. The first-order valence-corrected chi connectivity index (χ1v) is 12.8. The van der Waals surface area contributed by atoms with Crippen molar-refractivity contribution in [1.29, 1.82) is 0 Å². The lowest BCUT2D eigenvalue weighted by molar-refractivity contribution is -0.135. The van der Waals surface area contributed by atoms with E-state index in [0.29, 0.717) is 45.7 Å². The highest BCUT2D eigenvalue weighted by atomic mass is 32.2. The third kappa shape index (κ3) is 4.22. The van der Waals surface area contributed by atoms with Gasteiger partial charge in [-0.1, -0.05) is 19.8 Å². The van der Waals surface area contributed by atoms with Gasteiger partial charge in [-0.25, -0.2) is 9.69 Å². The highest BCUT2D eigenvalue weighted by molar-refractivity contribution is 7.86. The summed E-state index contributed by atoms with van der Waals surface area (Å²) in [5.41, 5.74) is -0.760. The van der Waals surface area contributed by atoms with E-state index in [0.717, 1.165) is 19.3 Å². The van der Waals surface area contributed by atoms with E-state index in [1.165, 1.54) is 13.5 Å². The number of piperazine rings is 1. The van der Waals surface area contributed by atoms with Gasteiger partial charge in [0.1, 0.15) is 5.54 Å². The van der Waals surface area contributed by atoms with Gasteiger partial charge >= 0.3 is 6.03 Å². The maximum Gasteiger partial charge on any atom is 0.326 e. The number of hydrogen-bond acceptors (Lipinski definition) is 6. The molecule has 4 aliphatic rings. The van der Waals surface area contributed by atoms with E-state index in [4.69, 9.17) is 4.74 Å². The molecule has 1 saturated carbocycles. The van der Waals surface area contributed by atoms with Crippen molar-refractivity contribution in [2.24, 2.45) is 5.92 Å². The number of nitrogens with one attached hydrogen (secondary N) is 1. The maximum atomic E-state index is 13.2. The van der Waals surface area contributed by atoms with Gasteiger partial charge in [-0.3, -0.25) is 9.69 Å². The summed E-state index contributed by atoms with van der Waals surface area (Å²) < 4.78 is 34.8. The van der Waals surface area contributed by atoms with Gasteiger partial charge in [-0.05, 0) is 32.6 Å². The van der Waals surface area contributed by atoms with Crippen molar-refractivity contribution in [3.8, 4) is 0 Å². The van der Waals surface area contributed by atoms with E-state index in [1.807, 2.05) is 25.7 Å². The smallest absolute Gasteiger partial charge is 0.326 e. The molecule has 0 aromatic carbocycles. The average molecular weight is 458 g/mol. The van der Waals surface area contributed by atoms with Crippen molar-refractivity contribution < 1.29 is 22.7 Å². The Hall–Kier alpha value is -1.27. The molecule has 4 unspecified atom stereocenters. The van der Waals surface area contributed by atoms with Crippen LogP contribution in [-0.2, 0) is 19.7 Å². The van der Waals surface area contributed by atoms with Crippen LogP contribution in [0.4, 0.5) is 4.79 Å². The van der Waals surface area contributed by atoms with Crippen LogP contribution in [0, 0.1) is 5.92 Å². The van der Waals surface area contributed by atoms with Crippen LogP contribution in [0.15, 0.2) is 0 Å². The van der Waals surface area contributed by atoms with Crippen LogP contribution >= 0.6 is 0 Å². The topological polar surface area (TPSA) is 103 Å². The summed E-state index contributed by atoms with van der Waals surface area (Å²) in [6.45, 7) is 8.37. The number of carbonyl (C=O) groups is 2. The molecule has 11 heteroatoms. The molecular formula is C20H35N5O5S. The molecule has 4 atom stereocenters. The zero-order chi connectivity index (χ0) is 22.4. The van der Waals surface area contributed by atoms with E-state index in [1.54, 1.807) is 0 Å². The number of carbonyl (C=O) groups excluding carboxylic acids is 2. The Morgan fingerprint density at radius 2 is 1.65 bits per heavy atom. The molecule has 1 N–H and O–H groups in total. The Kier molecular flexibility index (Phi) is 6.34. The molecule has 10 nitrogen and oxygen atoms in total. The zero-order valence-corrected chi connectivity index (χ0v) is 19.6. The first kappa shape index (κ1) is 22.9. The largest absolute Gasteiger partial charge is 0.373 e. The van der Waals surface area contributed by atoms with E-state index >= 15 is 0 Å². The van der Waals surface area contributed by atoms with Crippen LogP contribution < -0.4 is 5.32 Å². The van der Waals surface area contributed by atoms with Crippen LogP contribution in [-0.4, -0.2) is 102 Å². The zero-order valence-electron chi connectivity index (χ0n) is 18.7. The highest BCUT2D eigenvalue weighted by Crippen LogP contribution is 2.38.